The topological polar surface area (TPSA) is 29.5 Å². The molecular weight excluding hydrogens is 250 g/mol. The second-order valence-electron chi connectivity index (χ2n) is 5.51. The van der Waals surface area contributed by atoms with Crippen molar-refractivity contribution in [2.75, 3.05) is 13.1 Å². The Morgan fingerprint density at radius 2 is 1.90 bits per heavy atom. The van der Waals surface area contributed by atoms with E-state index in [-0.39, 0.29) is 11.9 Å². The first-order chi connectivity index (χ1) is 9.81. The van der Waals surface area contributed by atoms with Crippen LogP contribution in [0.25, 0.3) is 0 Å². The van der Waals surface area contributed by atoms with Crippen LogP contribution in [0, 0.1) is 0 Å². The first kappa shape index (κ1) is 15.0. The zero-order valence-electron chi connectivity index (χ0n) is 12.4. The van der Waals surface area contributed by atoms with E-state index in [2.05, 4.69) is 6.92 Å². The fraction of sp³-hybridized carbons (Fsp3) is 0.588. The lowest BCUT2D eigenvalue weighted by Crippen LogP contribution is -2.34. The van der Waals surface area contributed by atoms with Gasteiger partial charge in [-0.3, -0.25) is 0 Å². The van der Waals surface area contributed by atoms with E-state index in [0.29, 0.717) is 0 Å². The average Bonchev–Trinajstić information content (AvgIpc) is 2.50. The maximum Gasteiger partial charge on any atom is 0.332 e. The molecule has 0 radical (unpaired) electrons. The zero-order chi connectivity index (χ0) is 14.2. The molecule has 0 bridgehead atoms. The van der Waals surface area contributed by atoms with Crippen molar-refractivity contribution < 1.29 is 9.63 Å². The number of piperidine rings is 1. The lowest BCUT2D eigenvalue weighted by atomic mass is 9.94. The highest BCUT2D eigenvalue weighted by atomic mass is 16.7. The molecule has 1 aromatic carbocycles. The van der Waals surface area contributed by atoms with Crippen molar-refractivity contribution in [1.82, 2.24) is 5.06 Å². The molecule has 1 atom stereocenters. The molecule has 1 aliphatic rings. The number of carbonyl (C=O) groups excluding carboxylic acids is 1. The number of benzene rings is 1. The Morgan fingerprint density at radius 3 is 2.55 bits per heavy atom. The zero-order valence-corrected chi connectivity index (χ0v) is 12.4. The summed E-state index contributed by atoms with van der Waals surface area (Å²) in [7, 11) is 0. The van der Waals surface area contributed by atoms with Gasteiger partial charge in [0.2, 0.25) is 0 Å². The summed E-state index contributed by atoms with van der Waals surface area (Å²) in [6.45, 7) is 3.90. The lowest BCUT2D eigenvalue weighted by Gasteiger charge is -2.27. The second-order valence-corrected chi connectivity index (χ2v) is 5.51. The van der Waals surface area contributed by atoms with Crippen LogP contribution in [-0.2, 0) is 9.63 Å². The van der Waals surface area contributed by atoms with Gasteiger partial charge in [-0.1, -0.05) is 56.5 Å². The molecule has 2 rings (SSSR count). The number of unbranched alkanes of at least 4 members (excludes halogenated alkanes) is 1. The Kier molecular flexibility index (Phi) is 6.06. The summed E-state index contributed by atoms with van der Waals surface area (Å²) >= 11 is 0. The quantitative estimate of drug-likeness (QED) is 0.788. The molecule has 0 saturated carbocycles. The number of hydrogen-bond donors (Lipinski definition) is 0. The van der Waals surface area contributed by atoms with Crippen molar-refractivity contribution in [3.8, 4) is 0 Å². The molecule has 3 heteroatoms. The molecule has 0 amide bonds. The minimum atomic E-state index is -0.127. The summed E-state index contributed by atoms with van der Waals surface area (Å²) in [5.41, 5.74) is 1.07. The number of hydroxylamine groups is 2. The Balaban J connectivity index is 1.99. The van der Waals surface area contributed by atoms with Gasteiger partial charge in [-0.2, -0.15) is 0 Å². The first-order valence-corrected chi connectivity index (χ1v) is 7.83. The molecule has 1 heterocycles. The van der Waals surface area contributed by atoms with Crippen molar-refractivity contribution >= 4 is 5.97 Å². The predicted molar refractivity (Wildman–Crippen MR) is 80.2 cm³/mol. The molecular formula is C17H25NO2. The van der Waals surface area contributed by atoms with Gasteiger partial charge in [0.15, 0.2) is 0 Å². The van der Waals surface area contributed by atoms with E-state index in [1.807, 2.05) is 35.4 Å². The predicted octanol–water partition coefficient (Wildman–Crippen LogP) is 3.90. The van der Waals surface area contributed by atoms with E-state index in [0.717, 1.165) is 50.8 Å². The summed E-state index contributed by atoms with van der Waals surface area (Å²) in [4.78, 5) is 18.1. The molecule has 110 valence electrons. The Hall–Kier alpha value is -1.35. The maximum atomic E-state index is 12.5. The van der Waals surface area contributed by atoms with Crippen molar-refractivity contribution in [2.45, 2.75) is 51.4 Å². The fourth-order valence-corrected chi connectivity index (χ4v) is 2.66. The molecule has 0 N–H and O–H groups in total. The second kappa shape index (κ2) is 8.05. The van der Waals surface area contributed by atoms with Gasteiger partial charge in [-0.25, -0.2) is 4.79 Å². The van der Waals surface area contributed by atoms with Crippen LogP contribution >= 0.6 is 0 Å². The van der Waals surface area contributed by atoms with Gasteiger partial charge in [0.1, 0.15) is 0 Å². The van der Waals surface area contributed by atoms with Crippen LogP contribution in [0.5, 0.6) is 0 Å². The number of nitrogens with zero attached hydrogens (tertiary/aromatic N) is 1. The van der Waals surface area contributed by atoms with E-state index in [9.17, 15) is 4.79 Å². The van der Waals surface area contributed by atoms with Crippen molar-refractivity contribution in [1.29, 1.82) is 0 Å². The molecule has 1 unspecified atom stereocenters. The third kappa shape index (κ3) is 4.34. The summed E-state index contributed by atoms with van der Waals surface area (Å²) in [6.07, 6.45) is 6.50. The molecule has 0 aliphatic carbocycles. The van der Waals surface area contributed by atoms with E-state index >= 15 is 0 Å². The SMILES string of the molecule is CCCCC(C(=O)ON1CCCCC1)c1ccccc1. The van der Waals surface area contributed by atoms with Gasteiger partial charge in [0.25, 0.3) is 0 Å². The van der Waals surface area contributed by atoms with Gasteiger partial charge in [0.05, 0.1) is 5.92 Å². The monoisotopic (exact) mass is 275 g/mol. The molecule has 1 aliphatic heterocycles. The van der Waals surface area contributed by atoms with Gasteiger partial charge < -0.3 is 4.84 Å². The highest BCUT2D eigenvalue weighted by Crippen LogP contribution is 2.24. The van der Waals surface area contributed by atoms with Gasteiger partial charge in [-0.15, -0.1) is 5.06 Å². The normalized spacial score (nSPS) is 17.6. The van der Waals surface area contributed by atoms with Crippen LogP contribution in [0.2, 0.25) is 0 Å². The van der Waals surface area contributed by atoms with E-state index in [4.69, 9.17) is 4.84 Å². The smallest absolute Gasteiger partial charge is 0.332 e. The average molecular weight is 275 g/mol. The molecule has 3 nitrogen and oxygen atoms in total. The molecule has 1 fully saturated rings. The Morgan fingerprint density at radius 1 is 1.20 bits per heavy atom. The Bertz CT molecular complexity index is 399. The maximum absolute atomic E-state index is 12.5. The van der Waals surface area contributed by atoms with E-state index in [1.165, 1.54) is 6.42 Å². The summed E-state index contributed by atoms with van der Waals surface area (Å²) < 4.78 is 0. The van der Waals surface area contributed by atoms with Crippen molar-refractivity contribution in [3.63, 3.8) is 0 Å². The van der Waals surface area contributed by atoms with Crippen LogP contribution < -0.4 is 0 Å². The minimum Gasteiger partial charge on any atom is -0.367 e. The molecule has 0 spiro atoms. The summed E-state index contributed by atoms with van der Waals surface area (Å²) in [5.74, 6) is -0.218. The van der Waals surface area contributed by atoms with Crippen LogP contribution in [0.15, 0.2) is 30.3 Å². The lowest BCUT2D eigenvalue weighted by molar-refractivity contribution is -0.196. The first-order valence-electron chi connectivity index (χ1n) is 7.83. The third-order valence-electron chi connectivity index (χ3n) is 3.87. The number of hydrogen-bond acceptors (Lipinski definition) is 3. The Labute approximate surface area is 121 Å². The van der Waals surface area contributed by atoms with Gasteiger partial charge in [0, 0.05) is 13.1 Å². The van der Waals surface area contributed by atoms with E-state index in [1.54, 1.807) is 0 Å². The van der Waals surface area contributed by atoms with E-state index < -0.39 is 0 Å². The standard InChI is InChI=1S/C17H25NO2/c1-2-3-12-16(15-10-6-4-7-11-15)17(19)20-18-13-8-5-9-14-18/h4,6-7,10-11,16H,2-3,5,8-9,12-14H2,1H3. The largest absolute Gasteiger partial charge is 0.367 e. The summed E-state index contributed by atoms with van der Waals surface area (Å²) in [5, 5.41) is 1.84. The number of carbonyl (C=O) groups is 1. The molecule has 20 heavy (non-hydrogen) atoms. The third-order valence-corrected chi connectivity index (χ3v) is 3.87. The highest BCUT2D eigenvalue weighted by Gasteiger charge is 2.24. The van der Waals surface area contributed by atoms with Crippen molar-refractivity contribution in [2.24, 2.45) is 0 Å². The van der Waals surface area contributed by atoms with Crippen LogP contribution in [0.4, 0.5) is 0 Å². The van der Waals surface area contributed by atoms with Crippen LogP contribution in [0.1, 0.15) is 56.9 Å². The summed E-state index contributed by atoms with van der Waals surface area (Å²) in [6, 6.07) is 10.0. The van der Waals surface area contributed by atoms with Gasteiger partial charge >= 0.3 is 5.97 Å². The van der Waals surface area contributed by atoms with Gasteiger partial charge in [-0.05, 0) is 24.8 Å². The van der Waals surface area contributed by atoms with Crippen LogP contribution in [0.3, 0.4) is 0 Å². The van der Waals surface area contributed by atoms with Crippen molar-refractivity contribution in [3.05, 3.63) is 35.9 Å². The minimum absolute atomic E-state index is 0.0912. The highest BCUT2D eigenvalue weighted by molar-refractivity contribution is 5.77. The molecule has 0 aromatic heterocycles. The number of rotatable bonds is 6. The molecule has 1 saturated heterocycles. The van der Waals surface area contributed by atoms with Crippen LogP contribution in [-0.4, -0.2) is 24.1 Å². The fourth-order valence-electron chi connectivity index (χ4n) is 2.66. The molecule has 1 aromatic rings.